The van der Waals surface area contributed by atoms with Gasteiger partial charge in [-0.05, 0) is 56.3 Å². The van der Waals surface area contributed by atoms with Gasteiger partial charge >= 0.3 is 0 Å². The summed E-state index contributed by atoms with van der Waals surface area (Å²) >= 11 is 1.54. The third kappa shape index (κ3) is 3.18. The van der Waals surface area contributed by atoms with E-state index in [9.17, 15) is 13.2 Å². The Balaban J connectivity index is 1.80. The molecule has 0 atom stereocenters. The number of rotatable bonds is 4. The van der Waals surface area contributed by atoms with Gasteiger partial charge in [-0.1, -0.05) is 0 Å². The van der Waals surface area contributed by atoms with Gasteiger partial charge in [0.25, 0.3) is 5.91 Å². The highest BCUT2D eigenvalue weighted by molar-refractivity contribution is 7.92. The normalized spacial score (nSPS) is 11.8. The third-order valence-electron chi connectivity index (χ3n) is 3.65. The van der Waals surface area contributed by atoms with Crippen molar-refractivity contribution in [2.45, 2.75) is 24.0 Å². The molecule has 1 N–H and O–H groups in total. The number of sulfone groups is 1. The summed E-state index contributed by atoms with van der Waals surface area (Å²) in [6.45, 7) is 3.26. The van der Waals surface area contributed by atoms with Crippen molar-refractivity contribution in [3.8, 4) is 0 Å². The lowest BCUT2D eigenvalue weighted by Gasteiger charge is -2.09. The topological polar surface area (TPSA) is 76.1 Å². The highest BCUT2D eigenvalue weighted by atomic mass is 32.2. The first-order valence-corrected chi connectivity index (χ1v) is 9.79. The average molecular weight is 360 g/mol. The van der Waals surface area contributed by atoms with Gasteiger partial charge in [-0.15, -0.1) is 11.3 Å². The fourth-order valence-electron chi connectivity index (χ4n) is 2.21. The van der Waals surface area contributed by atoms with Crippen molar-refractivity contribution in [3.63, 3.8) is 0 Å². The molecular weight excluding hydrogens is 344 g/mol. The number of benzene rings is 2. The summed E-state index contributed by atoms with van der Waals surface area (Å²) in [7, 11) is -3.33. The van der Waals surface area contributed by atoms with E-state index in [1.165, 1.54) is 35.6 Å². The maximum absolute atomic E-state index is 12.3. The number of fused-ring (bicyclic) bond motifs is 1. The van der Waals surface area contributed by atoms with E-state index in [4.69, 9.17) is 0 Å². The summed E-state index contributed by atoms with van der Waals surface area (Å²) in [6.07, 6.45) is 0. The molecule has 2 aromatic carbocycles. The SMILES string of the molecule is CC(C)S(=O)(=O)c1ccc(C(=O)Nc2ccc3scnc3c2)cc1. The first-order chi connectivity index (χ1) is 11.4. The molecule has 0 bridgehead atoms. The number of nitrogens with one attached hydrogen (secondary N) is 1. The van der Waals surface area contributed by atoms with Crippen LogP contribution in [0.15, 0.2) is 52.9 Å². The molecule has 0 aliphatic carbocycles. The van der Waals surface area contributed by atoms with Crippen LogP contribution in [0.1, 0.15) is 24.2 Å². The van der Waals surface area contributed by atoms with Crippen molar-refractivity contribution in [3.05, 3.63) is 53.5 Å². The Labute approximate surface area is 144 Å². The monoisotopic (exact) mass is 360 g/mol. The van der Waals surface area contributed by atoms with Crippen LogP contribution < -0.4 is 5.32 Å². The van der Waals surface area contributed by atoms with Crippen LogP contribution in [0.3, 0.4) is 0 Å². The van der Waals surface area contributed by atoms with E-state index in [-0.39, 0.29) is 10.8 Å². The van der Waals surface area contributed by atoms with Crippen LogP contribution in [0.5, 0.6) is 0 Å². The van der Waals surface area contributed by atoms with Gasteiger partial charge in [0, 0.05) is 11.3 Å². The summed E-state index contributed by atoms with van der Waals surface area (Å²) in [5.41, 5.74) is 3.63. The molecule has 1 aromatic heterocycles. The largest absolute Gasteiger partial charge is 0.322 e. The fourth-order valence-corrected chi connectivity index (χ4v) is 3.93. The van der Waals surface area contributed by atoms with E-state index < -0.39 is 15.1 Å². The van der Waals surface area contributed by atoms with Crippen LogP contribution in [0.25, 0.3) is 10.2 Å². The van der Waals surface area contributed by atoms with E-state index in [1.54, 1.807) is 25.4 Å². The lowest BCUT2D eigenvalue weighted by molar-refractivity contribution is 0.102. The highest BCUT2D eigenvalue weighted by Crippen LogP contribution is 2.22. The number of hydrogen-bond donors (Lipinski definition) is 1. The first kappa shape index (κ1) is 16.6. The molecule has 0 unspecified atom stereocenters. The minimum atomic E-state index is -3.33. The minimum Gasteiger partial charge on any atom is -0.322 e. The molecule has 0 radical (unpaired) electrons. The Morgan fingerprint density at radius 3 is 2.50 bits per heavy atom. The van der Waals surface area contributed by atoms with Gasteiger partial charge in [-0.3, -0.25) is 4.79 Å². The maximum Gasteiger partial charge on any atom is 0.255 e. The van der Waals surface area contributed by atoms with Gasteiger partial charge in [0.15, 0.2) is 9.84 Å². The fraction of sp³-hybridized carbons (Fsp3) is 0.176. The van der Waals surface area contributed by atoms with Crippen molar-refractivity contribution in [1.82, 2.24) is 4.98 Å². The Morgan fingerprint density at radius 1 is 1.12 bits per heavy atom. The van der Waals surface area contributed by atoms with Gasteiger partial charge < -0.3 is 5.32 Å². The lowest BCUT2D eigenvalue weighted by atomic mass is 10.2. The van der Waals surface area contributed by atoms with Crippen LogP contribution in [0, 0.1) is 0 Å². The molecular formula is C17H16N2O3S2. The van der Waals surface area contributed by atoms with Crippen LogP contribution in [0.4, 0.5) is 5.69 Å². The molecule has 0 aliphatic rings. The van der Waals surface area contributed by atoms with E-state index in [0.717, 1.165) is 10.2 Å². The van der Waals surface area contributed by atoms with Gasteiger partial charge in [0.05, 0.1) is 25.9 Å². The molecule has 0 spiro atoms. The lowest BCUT2D eigenvalue weighted by Crippen LogP contribution is -2.15. The highest BCUT2D eigenvalue weighted by Gasteiger charge is 2.19. The molecule has 7 heteroatoms. The van der Waals surface area contributed by atoms with Gasteiger partial charge in [-0.25, -0.2) is 13.4 Å². The average Bonchev–Trinajstić information content (AvgIpc) is 3.02. The predicted molar refractivity (Wildman–Crippen MR) is 96.3 cm³/mol. The molecule has 0 fully saturated rings. The number of carbonyl (C=O) groups is 1. The molecule has 5 nitrogen and oxygen atoms in total. The summed E-state index contributed by atoms with van der Waals surface area (Å²) < 4.78 is 25.2. The van der Waals surface area contributed by atoms with Gasteiger partial charge in [-0.2, -0.15) is 0 Å². The second-order valence-electron chi connectivity index (χ2n) is 5.61. The Bertz CT molecular complexity index is 990. The number of nitrogens with zero attached hydrogens (tertiary/aromatic N) is 1. The van der Waals surface area contributed by atoms with Crippen LogP contribution in [-0.4, -0.2) is 24.6 Å². The third-order valence-corrected chi connectivity index (χ3v) is 6.63. The molecule has 1 amide bonds. The first-order valence-electron chi connectivity index (χ1n) is 7.36. The number of hydrogen-bond acceptors (Lipinski definition) is 5. The van der Waals surface area contributed by atoms with Crippen molar-refractivity contribution in [2.24, 2.45) is 0 Å². The zero-order valence-electron chi connectivity index (χ0n) is 13.2. The quantitative estimate of drug-likeness (QED) is 0.769. The smallest absolute Gasteiger partial charge is 0.255 e. The van der Waals surface area contributed by atoms with Crippen molar-refractivity contribution in [1.29, 1.82) is 0 Å². The molecule has 3 aromatic rings. The van der Waals surface area contributed by atoms with E-state index >= 15 is 0 Å². The van der Waals surface area contributed by atoms with Crippen molar-refractivity contribution >= 4 is 43.0 Å². The Morgan fingerprint density at radius 2 is 1.83 bits per heavy atom. The molecule has 0 aliphatic heterocycles. The van der Waals surface area contributed by atoms with Crippen LogP contribution >= 0.6 is 11.3 Å². The van der Waals surface area contributed by atoms with Crippen LogP contribution in [0.2, 0.25) is 0 Å². The standard InChI is InChI=1S/C17H16N2O3S2/c1-11(2)24(21,22)14-6-3-12(4-7-14)17(20)19-13-5-8-16-15(9-13)18-10-23-16/h3-11H,1-2H3,(H,19,20). The molecule has 0 saturated carbocycles. The zero-order valence-corrected chi connectivity index (χ0v) is 14.8. The minimum absolute atomic E-state index is 0.220. The van der Waals surface area contributed by atoms with E-state index in [2.05, 4.69) is 10.3 Å². The summed E-state index contributed by atoms with van der Waals surface area (Å²) in [5.74, 6) is -0.293. The number of aromatic nitrogens is 1. The number of amides is 1. The van der Waals surface area contributed by atoms with Gasteiger partial charge in [0.2, 0.25) is 0 Å². The molecule has 124 valence electrons. The number of carbonyl (C=O) groups excluding carboxylic acids is 1. The molecule has 24 heavy (non-hydrogen) atoms. The van der Waals surface area contributed by atoms with Crippen LogP contribution in [-0.2, 0) is 9.84 Å². The number of thiazole rings is 1. The summed E-state index contributed by atoms with van der Waals surface area (Å²) in [5, 5.41) is 2.30. The summed E-state index contributed by atoms with van der Waals surface area (Å²) in [6, 6.07) is 11.5. The Kier molecular flexibility index (Phi) is 4.38. The summed E-state index contributed by atoms with van der Waals surface area (Å²) in [4.78, 5) is 16.7. The maximum atomic E-state index is 12.3. The van der Waals surface area contributed by atoms with Crippen molar-refractivity contribution in [2.75, 3.05) is 5.32 Å². The molecule has 1 heterocycles. The molecule has 0 saturated heterocycles. The molecule has 3 rings (SSSR count). The van der Waals surface area contributed by atoms with E-state index in [0.29, 0.717) is 11.3 Å². The second-order valence-corrected chi connectivity index (χ2v) is 9.00. The van der Waals surface area contributed by atoms with Crippen molar-refractivity contribution < 1.29 is 13.2 Å². The van der Waals surface area contributed by atoms with E-state index in [1.807, 2.05) is 12.1 Å². The Hall–Kier alpha value is -2.25. The predicted octanol–water partition coefficient (Wildman–Crippen LogP) is 3.73. The second kappa shape index (κ2) is 6.33. The zero-order chi connectivity index (χ0) is 17.3. The van der Waals surface area contributed by atoms with Gasteiger partial charge in [0.1, 0.15) is 0 Å². The number of anilines is 1.